The third-order valence-corrected chi connectivity index (χ3v) is 4.90. The fraction of sp³-hybridized carbons (Fsp3) is 0.647. The molecule has 0 spiro atoms. The lowest BCUT2D eigenvalue weighted by atomic mass is 9.84. The molecular weight excluding hydrogens is 260 g/mol. The largest absolute Gasteiger partial charge is 0.310 e. The molecule has 0 saturated heterocycles. The van der Waals surface area contributed by atoms with E-state index in [9.17, 15) is 0 Å². The molecule has 0 radical (unpaired) electrons. The van der Waals surface area contributed by atoms with Crippen LogP contribution in [-0.2, 0) is 13.6 Å². The van der Waals surface area contributed by atoms with Gasteiger partial charge in [0.2, 0.25) is 0 Å². The normalized spacial score (nSPS) is 18.2. The van der Waals surface area contributed by atoms with Gasteiger partial charge in [0.05, 0.1) is 5.69 Å². The highest BCUT2D eigenvalue weighted by Crippen LogP contribution is 2.26. The Kier molecular flexibility index (Phi) is 4.24. The minimum absolute atomic E-state index is 0.594. The first-order valence-electron chi connectivity index (χ1n) is 8.17. The number of hydrogen-bond acceptors (Lipinski definition) is 3. The van der Waals surface area contributed by atoms with Crippen molar-refractivity contribution in [1.82, 2.24) is 20.1 Å². The summed E-state index contributed by atoms with van der Waals surface area (Å²) in [6.07, 6.45) is 8.96. The van der Waals surface area contributed by atoms with Crippen molar-refractivity contribution in [1.29, 1.82) is 0 Å². The zero-order valence-electron chi connectivity index (χ0n) is 13.4. The quantitative estimate of drug-likeness (QED) is 0.937. The van der Waals surface area contributed by atoms with Crippen molar-refractivity contribution in [3.05, 3.63) is 23.5 Å². The van der Waals surface area contributed by atoms with E-state index in [2.05, 4.69) is 28.4 Å². The molecule has 2 aromatic rings. The minimum atomic E-state index is 0.594. The van der Waals surface area contributed by atoms with E-state index in [0.717, 1.165) is 23.8 Å². The van der Waals surface area contributed by atoms with Gasteiger partial charge in [-0.2, -0.15) is 5.10 Å². The summed E-state index contributed by atoms with van der Waals surface area (Å²) in [6.45, 7) is 5.28. The number of nitrogens with zero attached hydrogens (tertiary/aromatic N) is 3. The Morgan fingerprint density at radius 2 is 2.10 bits per heavy atom. The second-order valence-corrected chi connectivity index (χ2v) is 6.49. The summed E-state index contributed by atoms with van der Waals surface area (Å²) in [4.78, 5) is 4.55. The van der Waals surface area contributed by atoms with E-state index in [1.807, 2.05) is 24.9 Å². The SMILES string of the molecule is Cc1nn(C)c2ncc(CNC(C)C3CCCCC3)cc12. The zero-order chi connectivity index (χ0) is 14.8. The number of pyridine rings is 1. The molecule has 1 N–H and O–H groups in total. The van der Waals surface area contributed by atoms with Gasteiger partial charge in [0.15, 0.2) is 5.65 Å². The second kappa shape index (κ2) is 6.14. The van der Waals surface area contributed by atoms with Crippen molar-refractivity contribution in [2.24, 2.45) is 13.0 Å². The number of fused-ring (bicyclic) bond motifs is 1. The Hall–Kier alpha value is -1.42. The molecule has 1 atom stereocenters. The lowest BCUT2D eigenvalue weighted by molar-refractivity contribution is 0.280. The van der Waals surface area contributed by atoms with Gasteiger partial charge in [-0.25, -0.2) is 4.98 Å². The average molecular weight is 286 g/mol. The summed E-state index contributed by atoms with van der Waals surface area (Å²) in [6, 6.07) is 2.82. The smallest absolute Gasteiger partial charge is 0.157 e. The fourth-order valence-corrected chi connectivity index (χ4v) is 3.53. The Morgan fingerprint density at radius 3 is 2.86 bits per heavy atom. The van der Waals surface area contributed by atoms with Crippen molar-refractivity contribution < 1.29 is 0 Å². The topological polar surface area (TPSA) is 42.7 Å². The number of aromatic nitrogens is 3. The first-order chi connectivity index (χ1) is 10.1. The summed E-state index contributed by atoms with van der Waals surface area (Å²) >= 11 is 0. The van der Waals surface area contributed by atoms with Gasteiger partial charge in [-0.05, 0) is 44.2 Å². The molecule has 1 saturated carbocycles. The van der Waals surface area contributed by atoms with E-state index >= 15 is 0 Å². The molecule has 114 valence electrons. The Bertz CT molecular complexity index is 611. The maximum absolute atomic E-state index is 4.55. The summed E-state index contributed by atoms with van der Waals surface area (Å²) < 4.78 is 1.85. The van der Waals surface area contributed by atoms with Crippen molar-refractivity contribution in [3.63, 3.8) is 0 Å². The van der Waals surface area contributed by atoms with Gasteiger partial charge in [-0.15, -0.1) is 0 Å². The van der Waals surface area contributed by atoms with E-state index in [1.54, 1.807) is 0 Å². The Labute approximate surface area is 126 Å². The lowest BCUT2D eigenvalue weighted by Crippen LogP contribution is -2.34. The minimum Gasteiger partial charge on any atom is -0.310 e. The predicted octanol–water partition coefficient (Wildman–Crippen LogP) is 3.34. The monoisotopic (exact) mass is 286 g/mol. The van der Waals surface area contributed by atoms with Crippen LogP contribution in [0.3, 0.4) is 0 Å². The molecule has 0 aliphatic heterocycles. The van der Waals surface area contributed by atoms with Gasteiger partial charge in [0.1, 0.15) is 0 Å². The standard InChI is InChI=1S/C17H26N4/c1-12(15-7-5-4-6-8-15)18-10-14-9-16-13(2)20-21(3)17(16)19-11-14/h9,11-12,15,18H,4-8,10H2,1-3H3. The Morgan fingerprint density at radius 1 is 1.33 bits per heavy atom. The molecule has 4 nitrogen and oxygen atoms in total. The van der Waals surface area contributed by atoms with E-state index in [1.165, 1.54) is 43.1 Å². The van der Waals surface area contributed by atoms with Crippen LogP contribution in [-0.4, -0.2) is 20.8 Å². The van der Waals surface area contributed by atoms with Crippen molar-refractivity contribution in [2.75, 3.05) is 0 Å². The highest BCUT2D eigenvalue weighted by Gasteiger charge is 2.19. The molecule has 0 bridgehead atoms. The van der Waals surface area contributed by atoms with Gasteiger partial charge in [-0.3, -0.25) is 4.68 Å². The van der Waals surface area contributed by atoms with Crippen LogP contribution in [0.15, 0.2) is 12.3 Å². The molecule has 1 fully saturated rings. The lowest BCUT2D eigenvalue weighted by Gasteiger charge is -2.28. The van der Waals surface area contributed by atoms with E-state index in [4.69, 9.17) is 0 Å². The maximum atomic E-state index is 4.55. The van der Waals surface area contributed by atoms with Crippen molar-refractivity contribution >= 4 is 11.0 Å². The molecule has 1 aliphatic carbocycles. The van der Waals surface area contributed by atoms with Crippen LogP contribution in [0.25, 0.3) is 11.0 Å². The highest BCUT2D eigenvalue weighted by molar-refractivity contribution is 5.78. The number of rotatable bonds is 4. The summed E-state index contributed by atoms with van der Waals surface area (Å²) in [5, 5.41) is 9.29. The van der Waals surface area contributed by atoms with Crippen LogP contribution in [0, 0.1) is 12.8 Å². The average Bonchev–Trinajstić information content (AvgIpc) is 2.80. The molecule has 21 heavy (non-hydrogen) atoms. The van der Waals surface area contributed by atoms with Gasteiger partial charge >= 0.3 is 0 Å². The first kappa shape index (κ1) is 14.5. The van der Waals surface area contributed by atoms with Crippen LogP contribution in [0.1, 0.15) is 50.3 Å². The van der Waals surface area contributed by atoms with Crippen molar-refractivity contribution in [2.45, 2.75) is 58.5 Å². The molecule has 1 unspecified atom stereocenters. The molecular formula is C17H26N4. The van der Waals surface area contributed by atoms with Gasteiger partial charge in [0, 0.05) is 31.2 Å². The second-order valence-electron chi connectivity index (χ2n) is 6.49. The van der Waals surface area contributed by atoms with Gasteiger partial charge in [0.25, 0.3) is 0 Å². The highest BCUT2D eigenvalue weighted by atomic mass is 15.3. The zero-order valence-corrected chi connectivity index (χ0v) is 13.4. The number of hydrogen-bond donors (Lipinski definition) is 1. The predicted molar refractivity (Wildman–Crippen MR) is 86.1 cm³/mol. The fourth-order valence-electron chi connectivity index (χ4n) is 3.53. The van der Waals surface area contributed by atoms with Gasteiger partial charge in [-0.1, -0.05) is 19.3 Å². The molecule has 0 aromatic carbocycles. The van der Waals surface area contributed by atoms with Crippen LogP contribution in [0.2, 0.25) is 0 Å². The molecule has 2 aromatic heterocycles. The third-order valence-electron chi connectivity index (χ3n) is 4.90. The van der Waals surface area contributed by atoms with Crippen LogP contribution < -0.4 is 5.32 Å². The number of aryl methyl sites for hydroxylation is 2. The van der Waals surface area contributed by atoms with Crippen molar-refractivity contribution in [3.8, 4) is 0 Å². The molecule has 4 heteroatoms. The third kappa shape index (κ3) is 3.10. The molecule has 2 heterocycles. The van der Waals surface area contributed by atoms with E-state index in [-0.39, 0.29) is 0 Å². The first-order valence-corrected chi connectivity index (χ1v) is 8.17. The summed E-state index contributed by atoms with van der Waals surface area (Å²) in [5.74, 6) is 0.843. The molecule has 1 aliphatic rings. The Balaban J connectivity index is 1.66. The maximum Gasteiger partial charge on any atom is 0.157 e. The van der Waals surface area contributed by atoms with Gasteiger partial charge < -0.3 is 5.32 Å². The van der Waals surface area contributed by atoms with E-state index < -0.39 is 0 Å². The van der Waals surface area contributed by atoms with Crippen LogP contribution in [0.5, 0.6) is 0 Å². The summed E-state index contributed by atoms with van der Waals surface area (Å²) in [7, 11) is 1.95. The van der Waals surface area contributed by atoms with Crippen LogP contribution >= 0.6 is 0 Å². The number of nitrogens with one attached hydrogen (secondary N) is 1. The molecule has 0 amide bonds. The summed E-state index contributed by atoms with van der Waals surface area (Å²) in [5.41, 5.74) is 3.28. The molecule has 3 rings (SSSR count). The van der Waals surface area contributed by atoms with Crippen LogP contribution in [0.4, 0.5) is 0 Å². The van der Waals surface area contributed by atoms with E-state index in [0.29, 0.717) is 6.04 Å².